The number of anilines is 1. The lowest BCUT2D eigenvalue weighted by Gasteiger charge is -2.43. The fourth-order valence-corrected chi connectivity index (χ4v) is 9.61. The molecule has 2 saturated carbocycles. The van der Waals surface area contributed by atoms with Gasteiger partial charge in [0.05, 0.1) is 30.3 Å². The minimum Gasteiger partial charge on any atom is -0.491 e. The van der Waals surface area contributed by atoms with Crippen LogP contribution >= 0.6 is 11.6 Å². The van der Waals surface area contributed by atoms with Gasteiger partial charge in [-0.1, -0.05) is 36.7 Å². The average Bonchev–Trinajstić information content (AvgIpc) is 3.06. The van der Waals surface area contributed by atoms with Crippen LogP contribution in [0.15, 0.2) is 52.9 Å². The molecule has 2 heterocycles. The Hall–Kier alpha value is -3.06. The second-order valence-electron chi connectivity index (χ2n) is 14.1. The van der Waals surface area contributed by atoms with Crippen molar-refractivity contribution in [1.82, 2.24) is 4.72 Å². The van der Waals surface area contributed by atoms with Gasteiger partial charge in [0.25, 0.3) is 5.91 Å². The molecule has 2 aliphatic carbocycles. The molecule has 0 spiro atoms. The highest BCUT2D eigenvalue weighted by molar-refractivity contribution is 7.92. The van der Waals surface area contributed by atoms with Crippen LogP contribution in [0.1, 0.15) is 73.4 Å². The number of halogens is 3. The molecule has 0 radical (unpaired) electrons. The van der Waals surface area contributed by atoms with E-state index in [9.17, 15) is 22.6 Å². The molecule has 13 heteroatoms. The molecule has 1 unspecified atom stereocenters. The molecule has 50 heavy (non-hydrogen) atoms. The number of fused-ring (bicyclic) bond motifs is 3. The third-order valence-corrected chi connectivity index (χ3v) is 12.7. The Morgan fingerprint density at radius 2 is 1.96 bits per heavy atom. The highest BCUT2D eigenvalue weighted by Crippen LogP contribution is 2.42. The molecule has 1 N–H and O–H groups in total. The molecule has 0 saturated heterocycles. The molecule has 9 nitrogen and oxygen atoms in total. The summed E-state index contributed by atoms with van der Waals surface area (Å²) in [4.78, 5) is 29.3. The molecular formula is C37H46ClF2N3O6S. The monoisotopic (exact) mass is 733 g/mol. The number of nitrogens with zero attached hydrogens (tertiary/aromatic N) is 2. The molecule has 2 amide bonds. The number of amides is 2. The Morgan fingerprint density at radius 1 is 1.14 bits per heavy atom. The summed E-state index contributed by atoms with van der Waals surface area (Å²) in [6, 6.07) is 11.2. The summed E-state index contributed by atoms with van der Waals surface area (Å²) >= 11 is 6.44. The largest absolute Gasteiger partial charge is 0.491 e. The summed E-state index contributed by atoms with van der Waals surface area (Å²) in [5.41, 5.74) is 3.29. The van der Waals surface area contributed by atoms with E-state index < -0.39 is 40.4 Å². The number of hydrogen-bond acceptors (Lipinski definition) is 7. The maximum absolute atomic E-state index is 14.4. The molecule has 272 valence electrons. The van der Waals surface area contributed by atoms with Gasteiger partial charge in [-0.05, 0) is 111 Å². The second kappa shape index (κ2) is 16.1. The Labute approximate surface area is 298 Å². The van der Waals surface area contributed by atoms with E-state index in [-0.39, 0.29) is 42.1 Å². The number of carbonyl (C=O) groups is 2. The van der Waals surface area contributed by atoms with Gasteiger partial charge in [-0.2, -0.15) is 8.78 Å². The second-order valence-corrected chi connectivity index (χ2v) is 16.5. The van der Waals surface area contributed by atoms with Crippen molar-refractivity contribution >= 4 is 39.0 Å². The predicted octanol–water partition coefficient (Wildman–Crippen LogP) is 7.36. The number of carbonyl (C=O) groups excluding carboxylic acids is 2. The van der Waals surface area contributed by atoms with Gasteiger partial charge in [0.2, 0.25) is 5.91 Å². The number of aryl methyl sites for hydroxylation is 1. The van der Waals surface area contributed by atoms with Crippen LogP contribution in [-0.2, 0) is 37.1 Å². The first-order valence-corrected chi connectivity index (χ1v) is 19.6. The van der Waals surface area contributed by atoms with Gasteiger partial charge in [0, 0.05) is 36.7 Å². The van der Waals surface area contributed by atoms with E-state index in [1.807, 2.05) is 25.1 Å². The van der Waals surface area contributed by atoms with Gasteiger partial charge in [0.15, 0.2) is 0 Å². The van der Waals surface area contributed by atoms with E-state index in [1.54, 1.807) is 25.3 Å². The fourth-order valence-electron chi connectivity index (χ4n) is 7.45. The van der Waals surface area contributed by atoms with E-state index in [0.717, 1.165) is 43.4 Å². The molecule has 2 fully saturated rings. The van der Waals surface area contributed by atoms with Crippen LogP contribution in [0.2, 0.25) is 5.02 Å². The summed E-state index contributed by atoms with van der Waals surface area (Å²) < 4.78 is 63.3. The molecule has 2 bridgehead atoms. The number of benzene rings is 2. The normalized spacial score (nSPS) is 31.0. The summed E-state index contributed by atoms with van der Waals surface area (Å²) in [7, 11) is -1.87. The number of ether oxygens (including phenoxy) is 3. The molecule has 2 aromatic carbocycles. The number of nitrogens with one attached hydrogen (secondary N) is 1. The zero-order valence-electron chi connectivity index (χ0n) is 28.5. The van der Waals surface area contributed by atoms with E-state index in [1.165, 1.54) is 5.56 Å². The van der Waals surface area contributed by atoms with Crippen LogP contribution < -0.4 is 14.4 Å². The van der Waals surface area contributed by atoms with Gasteiger partial charge in [0.1, 0.15) is 15.7 Å². The molecule has 6 rings (SSSR count). The zero-order valence-corrected chi connectivity index (χ0v) is 30.1. The topological polar surface area (TPSA) is 107 Å². The number of rotatable bonds is 5. The lowest BCUT2D eigenvalue weighted by atomic mass is 9.70. The van der Waals surface area contributed by atoms with Crippen LogP contribution in [0.5, 0.6) is 5.75 Å². The molecular weight excluding hydrogens is 688 g/mol. The van der Waals surface area contributed by atoms with Crippen molar-refractivity contribution in [2.24, 2.45) is 28.0 Å². The first-order valence-electron chi connectivity index (χ1n) is 17.5. The minimum absolute atomic E-state index is 0.0677. The highest BCUT2D eigenvalue weighted by atomic mass is 35.5. The van der Waals surface area contributed by atoms with Crippen LogP contribution in [0.4, 0.5) is 14.5 Å². The number of alkyl halides is 2. The standard InChI is InChI=1S/C37H46ClF2N3O6S/c1-23-6-5-8-33(47-2)31-13-10-27(31)21-43-20-26-9-12-29(38)16-24(26)7-3-4-15-48-34-14-11-25(19-32(34)43)35(44)41-50(46,22-23)42-36(45)28-17-30(18-28)49-37(39)40/h5,8-9,11-12,14,16,19,23,27-28,30-31,33,37H,3-4,6-7,10,13,15,17-18,20-22H2,1-2H3,(H,41,42,44,45,46)/b8-5+/t23-,27-,28-,30+,31+,33-,50?/m0/s1. The summed E-state index contributed by atoms with van der Waals surface area (Å²) in [6.45, 7) is 0.728. The van der Waals surface area contributed by atoms with Crippen LogP contribution in [-0.4, -0.2) is 60.9 Å². The van der Waals surface area contributed by atoms with Crippen molar-refractivity contribution < 1.29 is 36.8 Å². The lowest BCUT2D eigenvalue weighted by molar-refractivity contribution is -0.192. The number of allylic oxidation sites excluding steroid dienone is 1. The van der Waals surface area contributed by atoms with E-state index >= 15 is 0 Å². The third kappa shape index (κ3) is 8.86. The zero-order chi connectivity index (χ0) is 35.4. The van der Waals surface area contributed by atoms with Crippen LogP contribution in [0.3, 0.4) is 0 Å². The van der Waals surface area contributed by atoms with Gasteiger partial charge in [-0.15, -0.1) is 4.36 Å². The minimum atomic E-state index is -3.60. The van der Waals surface area contributed by atoms with Crippen molar-refractivity contribution in [3.63, 3.8) is 0 Å². The number of methoxy groups -OCH3 is 1. The van der Waals surface area contributed by atoms with Gasteiger partial charge in [-0.25, -0.2) is 4.21 Å². The molecule has 0 aromatic heterocycles. The first-order chi connectivity index (χ1) is 24.0. The highest BCUT2D eigenvalue weighted by Gasteiger charge is 2.39. The quantitative estimate of drug-likeness (QED) is 0.320. The van der Waals surface area contributed by atoms with Crippen molar-refractivity contribution in [2.45, 2.75) is 83.7 Å². The maximum Gasteiger partial charge on any atom is 0.345 e. The maximum atomic E-state index is 14.4. The third-order valence-electron chi connectivity index (χ3n) is 10.4. The van der Waals surface area contributed by atoms with Crippen molar-refractivity contribution in [2.75, 3.05) is 30.9 Å². The molecule has 5 atom stereocenters. The fraction of sp³-hybridized carbons (Fsp3) is 0.568. The summed E-state index contributed by atoms with van der Waals surface area (Å²) in [6.07, 6.45) is 8.62. The van der Waals surface area contributed by atoms with Crippen molar-refractivity contribution in [1.29, 1.82) is 0 Å². The van der Waals surface area contributed by atoms with Gasteiger partial charge < -0.3 is 19.1 Å². The lowest BCUT2D eigenvalue weighted by Crippen LogP contribution is -2.45. The summed E-state index contributed by atoms with van der Waals surface area (Å²) in [5, 5.41) is 0.690. The molecule has 2 aliphatic heterocycles. The Bertz CT molecular complexity index is 1710. The number of hydrogen-bond donors (Lipinski definition) is 1. The van der Waals surface area contributed by atoms with E-state index in [2.05, 4.69) is 30.9 Å². The van der Waals surface area contributed by atoms with E-state index in [0.29, 0.717) is 42.8 Å². The van der Waals surface area contributed by atoms with Crippen molar-refractivity contribution in [3.05, 3.63) is 70.3 Å². The Kier molecular flexibility index (Phi) is 11.8. The molecule has 2 aromatic rings. The van der Waals surface area contributed by atoms with E-state index in [4.69, 9.17) is 21.1 Å². The Morgan fingerprint density at radius 3 is 2.70 bits per heavy atom. The van der Waals surface area contributed by atoms with Crippen molar-refractivity contribution in [3.8, 4) is 5.75 Å². The first kappa shape index (κ1) is 36.7. The van der Waals surface area contributed by atoms with Crippen LogP contribution in [0, 0.1) is 23.7 Å². The molecule has 4 aliphatic rings. The predicted molar refractivity (Wildman–Crippen MR) is 189 cm³/mol. The average molecular weight is 734 g/mol. The Balaban J connectivity index is 1.39. The van der Waals surface area contributed by atoms with Gasteiger partial charge >= 0.3 is 6.61 Å². The van der Waals surface area contributed by atoms with Gasteiger partial charge in [-0.3, -0.25) is 14.3 Å². The van der Waals surface area contributed by atoms with Crippen LogP contribution in [0.25, 0.3) is 0 Å². The smallest absolute Gasteiger partial charge is 0.345 e. The summed E-state index contributed by atoms with van der Waals surface area (Å²) in [5.74, 6) is -0.980. The SMILES string of the molecule is CO[C@H]1/C=C/C[C@H](C)CS(=O)(NC(=O)[C@H]2C[C@@H](OC(F)F)C2)=NC(=O)c2ccc3c(c2)N(Cc2ccc(Cl)cc2CCCCO3)C[C@@H]2CC[C@H]21.